The van der Waals surface area contributed by atoms with Crippen molar-refractivity contribution in [2.45, 2.75) is 31.2 Å². The largest absolute Gasteiger partial charge is 0.399 e. The molecule has 0 fully saturated rings. The van der Waals surface area contributed by atoms with Gasteiger partial charge in [-0.25, -0.2) is 0 Å². The van der Waals surface area contributed by atoms with E-state index in [4.69, 9.17) is 17.2 Å². The highest BCUT2D eigenvalue weighted by molar-refractivity contribution is 5.68. The third-order valence-corrected chi connectivity index (χ3v) is 5.61. The lowest BCUT2D eigenvalue weighted by Crippen LogP contribution is -2.40. The number of benzene rings is 2. The summed E-state index contributed by atoms with van der Waals surface area (Å²) >= 11 is 0. The second-order valence-electron chi connectivity index (χ2n) is 7.79. The van der Waals surface area contributed by atoms with Crippen molar-refractivity contribution in [1.29, 1.82) is 0 Å². The molecule has 1 aromatic heterocycles. The van der Waals surface area contributed by atoms with Crippen molar-refractivity contribution < 1.29 is 0 Å². The zero-order valence-electron chi connectivity index (χ0n) is 16.4. The molecule has 0 bridgehead atoms. The third kappa shape index (κ3) is 3.00. The number of aromatic nitrogens is 4. The van der Waals surface area contributed by atoms with Gasteiger partial charge in [-0.15, -0.1) is 10.2 Å². The number of aromatic amines is 1. The summed E-state index contributed by atoms with van der Waals surface area (Å²) in [7, 11) is 0. The van der Waals surface area contributed by atoms with Crippen molar-refractivity contribution in [1.82, 2.24) is 20.6 Å². The fourth-order valence-electron chi connectivity index (χ4n) is 4.44. The van der Waals surface area contributed by atoms with Gasteiger partial charge < -0.3 is 17.2 Å². The highest BCUT2D eigenvalue weighted by Gasteiger charge is 2.46. The molecule has 148 valence electrons. The summed E-state index contributed by atoms with van der Waals surface area (Å²) in [5, 5.41) is 15.2. The smallest absolute Gasteiger partial charge is 0.189 e. The van der Waals surface area contributed by atoms with E-state index in [1.807, 2.05) is 19.1 Å². The van der Waals surface area contributed by atoms with Crippen LogP contribution in [0.25, 0.3) is 11.4 Å². The van der Waals surface area contributed by atoms with E-state index in [1.165, 1.54) is 0 Å². The zero-order valence-corrected chi connectivity index (χ0v) is 16.4. The van der Waals surface area contributed by atoms with Crippen molar-refractivity contribution in [2.75, 3.05) is 0 Å². The molecule has 0 saturated heterocycles. The normalized spacial score (nSPS) is 15.2. The van der Waals surface area contributed by atoms with E-state index < -0.39 is 5.41 Å². The van der Waals surface area contributed by atoms with E-state index in [0.717, 1.165) is 39.8 Å². The number of nitrogens with zero attached hydrogens (tertiary/aromatic N) is 3. The van der Waals surface area contributed by atoms with Gasteiger partial charge in [0.2, 0.25) is 0 Å². The Balaban J connectivity index is 2.06. The molecule has 29 heavy (non-hydrogen) atoms. The molecule has 0 spiro atoms. The molecule has 2 aromatic carbocycles. The molecular weight excluding hydrogens is 362 g/mol. The maximum Gasteiger partial charge on any atom is 0.189 e. The molecule has 1 aliphatic carbocycles. The average molecular weight is 387 g/mol. The molecular formula is C22H25N7. The summed E-state index contributed by atoms with van der Waals surface area (Å²) in [6, 6.07) is 12.2. The Morgan fingerprint density at radius 2 is 1.62 bits per heavy atom. The van der Waals surface area contributed by atoms with Gasteiger partial charge in [-0.3, -0.25) is 0 Å². The maximum absolute atomic E-state index is 6.33. The number of nitrogens with one attached hydrogen (secondary N) is 1. The first kappa shape index (κ1) is 18.9. The summed E-state index contributed by atoms with van der Waals surface area (Å²) in [5.74, 6) is 0.593. The van der Waals surface area contributed by atoms with E-state index in [2.05, 4.69) is 58.0 Å². The Hall–Kier alpha value is -3.45. The minimum absolute atomic E-state index is 0.0967. The van der Waals surface area contributed by atoms with Gasteiger partial charge in [0.1, 0.15) is 0 Å². The minimum atomic E-state index is -0.632. The Morgan fingerprint density at radius 1 is 1.07 bits per heavy atom. The quantitative estimate of drug-likeness (QED) is 0.529. The van der Waals surface area contributed by atoms with Crippen LogP contribution < -0.4 is 17.2 Å². The van der Waals surface area contributed by atoms with Gasteiger partial charge in [-0.1, -0.05) is 42.6 Å². The van der Waals surface area contributed by atoms with Crippen molar-refractivity contribution in [3.05, 3.63) is 88.8 Å². The summed E-state index contributed by atoms with van der Waals surface area (Å²) in [6.07, 6.45) is 1.35. The molecule has 7 nitrogen and oxygen atoms in total. The SMILES string of the molecule is C=C(N)c1ccc2c(c1)Cc1cc(C(=C)N)ccc1C2(C[C@H](C)N)c1nn[nH]n1. The van der Waals surface area contributed by atoms with Crippen LogP contribution >= 0.6 is 0 Å². The number of hydrogen-bond donors (Lipinski definition) is 4. The molecule has 7 heteroatoms. The van der Waals surface area contributed by atoms with E-state index in [0.29, 0.717) is 23.6 Å². The standard InChI is InChI=1S/C22H25N7/c1-12(23)11-22(21-26-28-29-27-21)19-6-4-15(13(2)24)8-17(19)10-18-9-16(14(3)25)5-7-20(18)22/h4-9,12H,2-3,10-11,23-25H2,1H3,(H,26,27,28,29)/t12-/m0/s1. The highest BCUT2D eigenvalue weighted by atomic mass is 15.5. The number of hydrogen-bond acceptors (Lipinski definition) is 6. The second kappa shape index (κ2) is 6.86. The Bertz CT molecular complexity index is 1030. The lowest BCUT2D eigenvalue weighted by atomic mass is 9.63. The first-order chi connectivity index (χ1) is 13.8. The van der Waals surface area contributed by atoms with Crippen molar-refractivity contribution in [3.63, 3.8) is 0 Å². The van der Waals surface area contributed by atoms with Gasteiger partial charge in [0.15, 0.2) is 5.82 Å². The van der Waals surface area contributed by atoms with E-state index in [-0.39, 0.29) is 6.04 Å². The molecule has 1 aliphatic rings. The summed E-state index contributed by atoms with van der Waals surface area (Å²) < 4.78 is 0. The lowest BCUT2D eigenvalue weighted by Gasteiger charge is -2.40. The first-order valence-corrected chi connectivity index (χ1v) is 9.48. The van der Waals surface area contributed by atoms with Crippen LogP contribution in [0.3, 0.4) is 0 Å². The van der Waals surface area contributed by atoms with Crippen LogP contribution in [-0.2, 0) is 11.8 Å². The van der Waals surface area contributed by atoms with Gasteiger partial charge in [-0.2, -0.15) is 5.21 Å². The second-order valence-corrected chi connectivity index (χ2v) is 7.79. The predicted octanol–water partition coefficient (Wildman–Crippen LogP) is 2.03. The fraction of sp³-hybridized carbons (Fsp3) is 0.227. The third-order valence-electron chi connectivity index (χ3n) is 5.61. The number of H-pyrrole nitrogens is 1. The van der Waals surface area contributed by atoms with E-state index >= 15 is 0 Å². The summed E-state index contributed by atoms with van der Waals surface area (Å²) in [6.45, 7) is 9.75. The van der Waals surface area contributed by atoms with Gasteiger partial charge in [0.05, 0.1) is 5.41 Å². The molecule has 1 atom stereocenters. The number of nitrogens with two attached hydrogens (primary N) is 3. The van der Waals surface area contributed by atoms with Gasteiger partial charge >= 0.3 is 0 Å². The zero-order chi connectivity index (χ0) is 20.8. The van der Waals surface area contributed by atoms with Crippen molar-refractivity contribution >= 4 is 11.4 Å². The number of fused-ring (bicyclic) bond motifs is 2. The molecule has 4 rings (SSSR count). The molecule has 0 saturated carbocycles. The number of rotatable bonds is 5. The van der Waals surface area contributed by atoms with Crippen LogP contribution in [0.15, 0.2) is 49.6 Å². The molecule has 0 aliphatic heterocycles. The van der Waals surface area contributed by atoms with Gasteiger partial charge in [-0.05, 0) is 65.3 Å². The Labute approximate surface area is 169 Å². The topological polar surface area (TPSA) is 133 Å². The lowest BCUT2D eigenvalue weighted by molar-refractivity contribution is 0.465. The first-order valence-electron chi connectivity index (χ1n) is 9.48. The van der Waals surface area contributed by atoms with Crippen LogP contribution in [-0.4, -0.2) is 26.7 Å². The van der Waals surface area contributed by atoms with Crippen LogP contribution in [0, 0.1) is 0 Å². The fourth-order valence-corrected chi connectivity index (χ4v) is 4.44. The monoisotopic (exact) mass is 387 g/mol. The van der Waals surface area contributed by atoms with Crippen LogP contribution in [0.1, 0.15) is 52.5 Å². The van der Waals surface area contributed by atoms with Gasteiger partial charge in [0.25, 0.3) is 0 Å². The molecule has 7 N–H and O–H groups in total. The highest BCUT2D eigenvalue weighted by Crippen LogP contribution is 2.48. The molecule has 1 heterocycles. The molecule has 0 unspecified atom stereocenters. The van der Waals surface area contributed by atoms with Crippen molar-refractivity contribution in [2.24, 2.45) is 17.2 Å². The maximum atomic E-state index is 6.33. The average Bonchev–Trinajstić information content (AvgIpc) is 3.21. The van der Waals surface area contributed by atoms with Crippen LogP contribution in [0.4, 0.5) is 0 Å². The molecule has 0 radical (unpaired) electrons. The Morgan fingerprint density at radius 3 is 2.03 bits per heavy atom. The van der Waals surface area contributed by atoms with Crippen molar-refractivity contribution in [3.8, 4) is 0 Å². The molecule has 3 aromatic rings. The Kier molecular flexibility index (Phi) is 4.47. The minimum Gasteiger partial charge on any atom is -0.399 e. The van der Waals surface area contributed by atoms with E-state index in [1.54, 1.807) is 0 Å². The van der Waals surface area contributed by atoms with Crippen LogP contribution in [0.5, 0.6) is 0 Å². The summed E-state index contributed by atoms with van der Waals surface area (Å²) in [4.78, 5) is 0. The summed E-state index contributed by atoms with van der Waals surface area (Å²) in [5.41, 5.74) is 25.0. The predicted molar refractivity (Wildman–Crippen MR) is 114 cm³/mol. The van der Waals surface area contributed by atoms with Crippen LogP contribution in [0.2, 0.25) is 0 Å². The number of tetrazole rings is 1. The van der Waals surface area contributed by atoms with Gasteiger partial charge in [0, 0.05) is 17.4 Å². The van der Waals surface area contributed by atoms with E-state index in [9.17, 15) is 0 Å². The molecule has 0 amide bonds.